The van der Waals surface area contributed by atoms with Gasteiger partial charge in [0.15, 0.2) is 18.4 Å². The monoisotopic (exact) mass is 392 g/mol. The zero-order chi connectivity index (χ0) is 20.8. The summed E-state index contributed by atoms with van der Waals surface area (Å²) >= 11 is 0. The Morgan fingerprint density at radius 3 is 2.64 bits per heavy atom. The number of phenols is 1. The maximum atomic E-state index is 13.5. The van der Waals surface area contributed by atoms with Crippen LogP contribution in [0.4, 0.5) is 0 Å². The lowest BCUT2D eigenvalue weighted by Crippen LogP contribution is -2.37. The Morgan fingerprint density at radius 2 is 2.11 bits per heavy atom. The molecule has 0 saturated carbocycles. The number of carbonyl (C=O) groups excluding carboxylic acids is 2. The van der Waals surface area contributed by atoms with Crippen molar-refractivity contribution in [1.82, 2.24) is 0 Å². The van der Waals surface area contributed by atoms with Crippen molar-refractivity contribution in [3.63, 3.8) is 0 Å². The summed E-state index contributed by atoms with van der Waals surface area (Å²) in [5.41, 5.74) is 0.852. The summed E-state index contributed by atoms with van der Waals surface area (Å²) in [7, 11) is 1.39. The first-order valence-corrected chi connectivity index (χ1v) is 10.1. The Hall–Kier alpha value is -1.92. The normalized spacial score (nSPS) is 20.8. The van der Waals surface area contributed by atoms with Gasteiger partial charge in [0.05, 0.1) is 24.3 Å². The van der Waals surface area contributed by atoms with Crippen LogP contribution in [0.3, 0.4) is 0 Å². The number of aldehydes is 1. The molecule has 1 aromatic rings. The fourth-order valence-electron chi connectivity index (χ4n) is 3.97. The molecule has 6 heteroatoms. The third-order valence-electron chi connectivity index (χ3n) is 5.24. The van der Waals surface area contributed by atoms with Gasteiger partial charge >= 0.3 is 0 Å². The Bertz CT molecular complexity index is 697. The number of aliphatic hydroxyl groups excluding tert-OH is 1. The summed E-state index contributed by atoms with van der Waals surface area (Å²) in [6.45, 7) is 6.00. The maximum Gasteiger partial charge on any atom is 0.172 e. The van der Waals surface area contributed by atoms with E-state index in [9.17, 15) is 19.8 Å². The number of phenolic OH excluding ortho intramolecular Hbond substituents is 1. The fourth-order valence-corrected chi connectivity index (χ4v) is 3.97. The molecule has 1 aromatic carbocycles. The van der Waals surface area contributed by atoms with Gasteiger partial charge in [-0.15, -0.1) is 0 Å². The molecule has 28 heavy (non-hydrogen) atoms. The largest absolute Gasteiger partial charge is 0.507 e. The molecule has 6 nitrogen and oxygen atoms in total. The molecular weight excluding hydrogens is 360 g/mol. The van der Waals surface area contributed by atoms with Gasteiger partial charge in [-0.05, 0) is 49.7 Å². The molecule has 1 unspecified atom stereocenters. The van der Waals surface area contributed by atoms with E-state index in [1.165, 1.54) is 7.11 Å². The van der Waals surface area contributed by atoms with Gasteiger partial charge in [0.2, 0.25) is 0 Å². The number of ether oxygens (including phenoxy) is 2. The second-order valence-corrected chi connectivity index (χ2v) is 7.91. The molecule has 0 spiro atoms. The van der Waals surface area contributed by atoms with Crippen molar-refractivity contribution < 1.29 is 29.3 Å². The molecule has 0 aromatic heterocycles. The van der Waals surface area contributed by atoms with Crippen molar-refractivity contribution in [2.45, 2.75) is 71.7 Å². The van der Waals surface area contributed by atoms with Crippen LogP contribution in [-0.4, -0.2) is 41.8 Å². The minimum Gasteiger partial charge on any atom is -0.507 e. The molecule has 0 amide bonds. The Kier molecular flexibility index (Phi) is 8.01. The number of aromatic hydroxyl groups is 1. The van der Waals surface area contributed by atoms with Crippen LogP contribution < -0.4 is 4.74 Å². The van der Waals surface area contributed by atoms with Crippen molar-refractivity contribution in [2.75, 3.05) is 7.11 Å². The predicted molar refractivity (Wildman–Crippen MR) is 106 cm³/mol. The number of hydrogen-bond donors (Lipinski definition) is 2. The first-order chi connectivity index (χ1) is 13.3. The van der Waals surface area contributed by atoms with Gasteiger partial charge in [-0.3, -0.25) is 9.59 Å². The zero-order valence-electron chi connectivity index (χ0n) is 17.2. The lowest BCUT2D eigenvalue weighted by Gasteiger charge is -2.32. The zero-order valence-corrected chi connectivity index (χ0v) is 17.2. The van der Waals surface area contributed by atoms with Crippen LogP contribution >= 0.6 is 0 Å². The molecule has 156 valence electrons. The Balaban J connectivity index is 2.52. The molecule has 2 rings (SSSR count). The number of ketones is 1. The highest BCUT2D eigenvalue weighted by atomic mass is 16.6. The van der Waals surface area contributed by atoms with Gasteiger partial charge in [0.25, 0.3) is 0 Å². The smallest absolute Gasteiger partial charge is 0.172 e. The van der Waals surface area contributed by atoms with Crippen LogP contribution in [0.2, 0.25) is 0 Å². The van der Waals surface area contributed by atoms with Crippen LogP contribution in [0.15, 0.2) is 6.07 Å². The standard InChI is InChI=1S/C22H32O6/c1-5-7-15(18-8-6-9-19(24)28-18)21(26)16-11-14(10-13(2)3)20(25)17(12-23)22(16)27-4/h11-13,15,18-19,24-25H,5-10H2,1-4H3/t15-,18+,19?/m0/s1. The molecule has 1 saturated heterocycles. The van der Waals surface area contributed by atoms with E-state index >= 15 is 0 Å². The molecular formula is C22H32O6. The van der Waals surface area contributed by atoms with Crippen molar-refractivity contribution in [1.29, 1.82) is 0 Å². The van der Waals surface area contributed by atoms with Gasteiger partial charge in [-0.1, -0.05) is 27.2 Å². The summed E-state index contributed by atoms with van der Waals surface area (Å²) in [4.78, 5) is 25.1. The molecule has 0 aliphatic carbocycles. The number of methoxy groups -OCH3 is 1. The summed E-state index contributed by atoms with van der Waals surface area (Å²) in [6, 6.07) is 1.64. The number of carbonyl (C=O) groups is 2. The number of rotatable bonds is 9. The van der Waals surface area contributed by atoms with Crippen LogP contribution in [-0.2, 0) is 11.2 Å². The van der Waals surface area contributed by atoms with Gasteiger partial charge < -0.3 is 19.7 Å². The lowest BCUT2D eigenvalue weighted by molar-refractivity contribution is -0.173. The summed E-state index contributed by atoms with van der Waals surface area (Å²) in [6.07, 6.45) is 3.30. The Labute approximate surface area is 166 Å². The summed E-state index contributed by atoms with van der Waals surface area (Å²) < 4.78 is 11.0. The van der Waals surface area contributed by atoms with Gasteiger partial charge in [0.1, 0.15) is 11.5 Å². The van der Waals surface area contributed by atoms with Crippen LogP contribution in [0, 0.1) is 11.8 Å². The van der Waals surface area contributed by atoms with Crippen molar-refractivity contribution in [3.05, 3.63) is 22.8 Å². The third kappa shape index (κ3) is 4.92. The van der Waals surface area contributed by atoms with Crippen molar-refractivity contribution >= 4 is 12.1 Å². The van der Waals surface area contributed by atoms with E-state index in [4.69, 9.17) is 9.47 Å². The summed E-state index contributed by atoms with van der Waals surface area (Å²) in [5.74, 6) is -0.406. The molecule has 2 N–H and O–H groups in total. The number of benzene rings is 1. The fraction of sp³-hybridized carbons (Fsp3) is 0.636. The second-order valence-electron chi connectivity index (χ2n) is 7.91. The molecule has 1 fully saturated rings. The Morgan fingerprint density at radius 1 is 1.39 bits per heavy atom. The minimum absolute atomic E-state index is 0.00356. The topological polar surface area (TPSA) is 93.1 Å². The van der Waals surface area contributed by atoms with E-state index in [1.807, 2.05) is 20.8 Å². The van der Waals surface area contributed by atoms with Crippen molar-refractivity contribution in [3.8, 4) is 11.5 Å². The molecule has 1 aliphatic heterocycles. The van der Waals surface area contributed by atoms with E-state index in [0.717, 1.165) is 12.8 Å². The number of aliphatic hydroxyl groups is 1. The first kappa shape index (κ1) is 22.4. The SMILES string of the molecule is CCC[C@H](C(=O)c1cc(CC(C)C)c(O)c(C=O)c1OC)[C@H]1CCCC(O)O1. The second kappa shape index (κ2) is 10.0. The van der Waals surface area contributed by atoms with Gasteiger partial charge in [-0.25, -0.2) is 0 Å². The molecule has 1 heterocycles. The molecule has 0 radical (unpaired) electrons. The lowest BCUT2D eigenvalue weighted by atomic mass is 9.83. The third-order valence-corrected chi connectivity index (χ3v) is 5.24. The highest BCUT2D eigenvalue weighted by Crippen LogP contribution is 2.38. The van der Waals surface area contributed by atoms with Crippen LogP contribution in [0.25, 0.3) is 0 Å². The van der Waals surface area contributed by atoms with Crippen molar-refractivity contribution in [2.24, 2.45) is 11.8 Å². The van der Waals surface area contributed by atoms with E-state index in [0.29, 0.717) is 43.1 Å². The van der Waals surface area contributed by atoms with Crippen LogP contribution in [0.5, 0.6) is 11.5 Å². The highest BCUT2D eigenvalue weighted by Gasteiger charge is 2.35. The highest BCUT2D eigenvalue weighted by molar-refractivity contribution is 6.04. The molecule has 0 bridgehead atoms. The summed E-state index contributed by atoms with van der Waals surface area (Å²) in [5, 5.41) is 20.4. The van der Waals surface area contributed by atoms with Gasteiger partial charge in [0, 0.05) is 5.92 Å². The van der Waals surface area contributed by atoms with Crippen LogP contribution in [0.1, 0.15) is 79.2 Å². The van der Waals surface area contributed by atoms with E-state index < -0.39 is 12.2 Å². The minimum atomic E-state index is -0.852. The average Bonchev–Trinajstić information content (AvgIpc) is 2.66. The molecule has 1 aliphatic rings. The average molecular weight is 392 g/mol. The number of Topliss-reactive ketones (excluding diaryl/α,β-unsaturated/α-hetero) is 1. The quantitative estimate of drug-likeness (QED) is 0.489. The number of hydrogen-bond acceptors (Lipinski definition) is 6. The van der Waals surface area contributed by atoms with E-state index in [-0.39, 0.29) is 34.9 Å². The predicted octanol–water partition coefficient (Wildman–Crippen LogP) is 3.90. The first-order valence-electron chi connectivity index (χ1n) is 10.1. The van der Waals surface area contributed by atoms with E-state index in [2.05, 4.69) is 0 Å². The van der Waals surface area contributed by atoms with E-state index in [1.54, 1.807) is 6.07 Å². The molecule has 3 atom stereocenters. The maximum absolute atomic E-state index is 13.5. The van der Waals surface area contributed by atoms with Gasteiger partial charge in [-0.2, -0.15) is 0 Å².